The fourth-order valence-electron chi connectivity index (χ4n) is 1.57. The first kappa shape index (κ1) is 14.0. The van der Waals surface area contributed by atoms with Gasteiger partial charge in [0.05, 0.1) is 16.3 Å². The Morgan fingerprint density at radius 3 is 2.59 bits per heavy atom. The Morgan fingerprint density at radius 1 is 1.35 bits per heavy atom. The second-order valence-corrected chi connectivity index (χ2v) is 6.61. The third-order valence-corrected chi connectivity index (χ3v) is 4.36. The van der Waals surface area contributed by atoms with Gasteiger partial charge in [0.2, 0.25) is 0 Å². The number of hydrogen-bond donors (Lipinski definition) is 1. The van der Waals surface area contributed by atoms with E-state index in [-0.39, 0.29) is 16.3 Å². The van der Waals surface area contributed by atoms with Crippen LogP contribution in [0.4, 0.5) is 10.1 Å². The van der Waals surface area contributed by atoms with Crippen LogP contribution in [-0.2, 0) is 9.84 Å². The lowest BCUT2D eigenvalue weighted by Crippen LogP contribution is -2.10. The average Bonchev–Trinajstić information content (AvgIpc) is 2.20. The normalized spacial score (nSPS) is 12.0. The molecule has 0 spiro atoms. The minimum Gasteiger partial charge on any atom is -0.398 e. The Labute approximate surface area is 102 Å². The number of hydrogen-bond acceptors (Lipinski definition) is 3. The van der Waals surface area contributed by atoms with Gasteiger partial charge in [-0.05, 0) is 37.0 Å². The summed E-state index contributed by atoms with van der Waals surface area (Å²) in [6.07, 6.45) is 1.39. The number of nitrogen functional groups attached to an aromatic ring is 1. The highest BCUT2D eigenvalue weighted by molar-refractivity contribution is 7.91. The van der Waals surface area contributed by atoms with Crippen molar-refractivity contribution in [3.05, 3.63) is 24.0 Å². The van der Waals surface area contributed by atoms with Crippen LogP contribution in [0.15, 0.2) is 23.1 Å². The molecule has 0 aliphatic carbocycles. The van der Waals surface area contributed by atoms with Crippen molar-refractivity contribution in [3.8, 4) is 0 Å². The largest absolute Gasteiger partial charge is 0.398 e. The lowest BCUT2D eigenvalue weighted by molar-refractivity contribution is 0.559. The molecule has 3 nitrogen and oxygen atoms in total. The van der Waals surface area contributed by atoms with Crippen LogP contribution in [-0.4, -0.2) is 14.2 Å². The summed E-state index contributed by atoms with van der Waals surface area (Å²) in [5.41, 5.74) is 5.67. The third kappa shape index (κ3) is 4.00. The van der Waals surface area contributed by atoms with E-state index >= 15 is 0 Å². The van der Waals surface area contributed by atoms with E-state index in [9.17, 15) is 12.8 Å². The van der Waals surface area contributed by atoms with Gasteiger partial charge in [-0.15, -0.1) is 0 Å². The zero-order chi connectivity index (χ0) is 13.1. The zero-order valence-corrected chi connectivity index (χ0v) is 10.9. The van der Waals surface area contributed by atoms with Crippen molar-refractivity contribution < 1.29 is 12.8 Å². The van der Waals surface area contributed by atoms with Crippen molar-refractivity contribution in [2.24, 2.45) is 5.92 Å². The minimum atomic E-state index is -3.47. The monoisotopic (exact) mass is 259 g/mol. The van der Waals surface area contributed by atoms with Crippen LogP contribution >= 0.6 is 0 Å². The quantitative estimate of drug-likeness (QED) is 0.827. The summed E-state index contributed by atoms with van der Waals surface area (Å²) in [6, 6.07) is 3.42. The molecule has 0 aliphatic rings. The summed E-state index contributed by atoms with van der Waals surface area (Å²) in [6.45, 7) is 4.06. The predicted molar refractivity (Wildman–Crippen MR) is 66.9 cm³/mol. The molecule has 0 unspecified atom stereocenters. The molecule has 0 aromatic heterocycles. The number of halogens is 1. The van der Waals surface area contributed by atoms with Crippen LogP contribution in [0.5, 0.6) is 0 Å². The van der Waals surface area contributed by atoms with Crippen LogP contribution in [0.3, 0.4) is 0 Å². The molecule has 0 radical (unpaired) electrons. The van der Waals surface area contributed by atoms with E-state index in [0.29, 0.717) is 12.3 Å². The van der Waals surface area contributed by atoms with Crippen molar-refractivity contribution >= 4 is 15.5 Å². The summed E-state index contributed by atoms with van der Waals surface area (Å²) < 4.78 is 36.9. The van der Waals surface area contributed by atoms with Crippen LogP contribution < -0.4 is 5.73 Å². The standard InChI is InChI=1S/C12H18FNO2S/c1-9(2)4-3-7-17(15,16)12-8-10(13)5-6-11(12)14/h5-6,8-9H,3-4,7,14H2,1-2H3. The number of benzene rings is 1. The van der Waals surface area contributed by atoms with Gasteiger partial charge in [0, 0.05) is 0 Å². The van der Waals surface area contributed by atoms with Gasteiger partial charge in [0.15, 0.2) is 9.84 Å². The number of anilines is 1. The molecule has 2 N–H and O–H groups in total. The molecule has 0 fully saturated rings. The molecule has 0 saturated carbocycles. The Morgan fingerprint density at radius 2 is 2.00 bits per heavy atom. The highest BCUT2D eigenvalue weighted by Crippen LogP contribution is 2.22. The topological polar surface area (TPSA) is 60.2 Å². The van der Waals surface area contributed by atoms with Gasteiger partial charge in [-0.1, -0.05) is 13.8 Å². The molecular formula is C12H18FNO2S. The molecule has 0 saturated heterocycles. The van der Waals surface area contributed by atoms with Crippen molar-refractivity contribution in [1.29, 1.82) is 0 Å². The van der Waals surface area contributed by atoms with E-state index in [1.165, 1.54) is 6.07 Å². The zero-order valence-electron chi connectivity index (χ0n) is 10.1. The molecule has 1 aromatic rings. The minimum absolute atomic E-state index is 0.0127. The second kappa shape index (κ2) is 5.49. The highest BCUT2D eigenvalue weighted by Gasteiger charge is 2.18. The number of rotatable bonds is 5. The molecule has 0 aliphatic heterocycles. The Balaban J connectivity index is 2.86. The van der Waals surface area contributed by atoms with Crippen LogP contribution in [0.2, 0.25) is 0 Å². The van der Waals surface area contributed by atoms with E-state index in [1.54, 1.807) is 0 Å². The third-order valence-electron chi connectivity index (χ3n) is 2.51. The van der Waals surface area contributed by atoms with E-state index in [4.69, 9.17) is 5.73 Å². The first-order valence-corrected chi connectivity index (χ1v) is 7.26. The van der Waals surface area contributed by atoms with Crippen molar-refractivity contribution in [2.45, 2.75) is 31.6 Å². The van der Waals surface area contributed by atoms with Gasteiger partial charge in [0.1, 0.15) is 5.82 Å². The first-order chi connectivity index (χ1) is 7.83. The maximum absolute atomic E-state index is 13.0. The Bertz CT molecular complexity index is 483. The summed E-state index contributed by atoms with van der Waals surface area (Å²) >= 11 is 0. The van der Waals surface area contributed by atoms with E-state index < -0.39 is 15.7 Å². The molecule has 5 heteroatoms. The number of nitrogens with two attached hydrogens (primary N) is 1. The molecule has 96 valence electrons. The van der Waals surface area contributed by atoms with Gasteiger partial charge in [0.25, 0.3) is 0 Å². The SMILES string of the molecule is CC(C)CCCS(=O)(=O)c1cc(F)ccc1N. The predicted octanol–water partition coefficient (Wildman–Crippen LogP) is 2.62. The maximum Gasteiger partial charge on any atom is 0.180 e. The van der Waals surface area contributed by atoms with Crippen molar-refractivity contribution in [1.82, 2.24) is 0 Å². The molecule has 17 heavy (non-hydrogen) atoms. The van der Waals surface area contributed by atoms with Gasteiger partial charge in [-0.2, -0.15) is 0 Å². The van der Waals surface area contributed by atoms with Gasteiger partial charge in [-0.3, -0.25) is 0 Å². The lowest BCUT2D eigenvalue weighted by Gasteiger charge is -2.08. The molecule has 1 rings (SSSR count). The smallest absolute Gasteiger partial charge is 0.180 e. The highest BCUT2D eigenvalue weighted by atomic mass is 32.2. The van der Waals surface area contributed by atoms with E-state index in [2.05, 4.69) is 0 Å². The fraction of sp³-hybridized carbons (Fsp3) is 0.500. The van der Waals surface area contributed by atoms with Crippen LogP contribution in [0, 0.1) is 11.7 Å². The molecular weight excluding hydrogens is 241 g/mol. The molecule has 0 amide bonds. The van der Waals surface area contributed by atoms with Gasteiger partial charge < -0.3 is 5.73 Å². The van der Waals surface area contributed by atoms with Crippen molar-refractivity contribution in [3.63, 3.8) is 0 Å². The Hall–Kier alpha value is -1.10. The lowest BCUT2D eigenvalue weighted by atomic mass is 10.1. The first-order valence-electron chi connectivity index (χ1n) is 5.60. The summed E-state index contributed by atoms with van der Waals surface area (Å²) in [5, 5.41) is 0. The van der Waals surface area contributed by atoms with Crippen molar-refractivity contribution in [2.75, 3.05) is 11.5 Å². The van der Waals surface area contributed by atoms with E-state index in [1.807, 2.05) is 13.8 Å². The maximum atomic E-state index is 13.0. The number of sulfone groups is 1. The molecule has 0 bridgehead atoms. The second-order valence-electron chi connectivity index (χ2n) is 4.54. The summed E-state index contributed by atoms with van der Waals surface area (Å²) in [5.74, 6) is -0.115. The molecule has 0 atom stereocenters. The van der Waals surface area contributed by atoms with Gasteiger partial charge >= 0.3 is 0 Å². The fourth-order valence-corrected chi connectivity index (χ4v) is 3.06. The molecule has 0 heterocycles. The average molecular weight is 259 g/mol. The molecule has 1 aromatic carbocycles. The summed E-state index contributed by atoms with van der Waals surface area (Å²) in [4.78, 5) is -0.0961. The summed E-state index contributed by atoms with van der Waals surface area (Å²) in [7, 11) is -3.47. The van der Waals surface area contributed by atoms with Crippen LogP contribution in [0.25, 0.3) is 0 Å². The van der Waals surface area contributed by atoms with Gasteiger partial charge in [-0.25, -0.2) is 12.8 Å². The van der Waals surface area contributed by atoms with E-state index in [0.717, 1.165) is 18.6 Å². The Kier molecular flexibility index (Phi) is 4.51. The van der Waals surface area contributed by atoms with Crippen LogP contribution in [0.1, 0.15) is 26.7 Å².